The number of para-hydroxylation sites is 2. The van der Waals surface area contributed by atoms with Crippen LogP contribution in [0.4, 0.5) is 0 Å². The molecule has 0 aliphatic carbocycles. The van der Waals surface area contributed by atoms with E-state index >= 15 is 0 Å². The SMILES string of the molecule is CC(C)N(C)S(=O)(=O)c1ccc(C(=O)N2CCC(c3nc4ccccc4o3)CC2)cc1. The van der Waals surface area contributed by atoms with E-state index in [9.17, 15) is 13.2 Å². The van der Waals surface area contributed by atoms with E-state index in [1.54, 1.807) is 19.2 Å². The fourth-order valence-electron chi connectivity index (χ4n) is 3.79. The summed E-state index contributed by atoms with van der Waals surface area (Å²) in [7, 11) is -2.01. The number of nitrogens with zero attached hydrogens (tertiary/aromatic N) is 3. The summed E-state index contributed by atoms with van der Waals surface area (Å²) in [5.74, 6) is 0.838. The topological polar surface area (TPSA) is 83.7 Å². The average molecular weight is 442 g/mol. The molecule has 31 heavy (non-hydrogen) atoms. The number of benzene rings is 2. The molecule has 2 heterocycles. The lowest BCUT2D eigenvalue weighted by Gasteiger charge is -2.30. The van der Waals surface area contributed by atoms with Crippen molar-refractivity contribution in [2.75, 3.05) is 20.1 Å². The largest absolute Gasteiger partial charge is 0.440 e. The van der Waals surface area contributed by atoms with Crippen molar-refractivity contribution in [2.24, 2.45) is 0 Å². The van der Waals surface area contributed by atoms with Gasteiger partial charge in [-0.1, -0.05) is 12.1 Å². The van der Waals surface area contributed by atoms with Crippen LogP contribution in [0, 0.1) is 0 Å². The Balaban J connectivity index is 1.41. The number of oxazole rings is 1. The Labute approximate surface area is 182 Å². The minimum Gasteiger partial charge on any atom is -0.440 e. The number of aromatic nitrogens is 1. The molecule has 1 saturated heterocycles. The molecule has 1 aromatic heterocycles. The molecule has 3 aromatic rings. The van der Waals surface area contributed by atoms with Gasteiger partial charge in [-0.3, -0.25) is 4.79 Å². The second-order valence-corrected chi connectivity index (χ2v) is 10.2. The van der Waals surface area contributed by atoms with Crippen molar-refractivity contribution in [3.63, 3.8) is 0 Å². The molecule has 1 aliphatic rings. The summed E-state index contributed by atoms with van der Waals surface area (Å²) in [5, 5.41) is 0. The van der Waals surface area contributed by atoms with Gasteiger partial charge in [0, 0.05) is 37.7 Å². The molecule has 0 saturated carbocycles. The Bertz CT molecular complexity index is 1140. The van der Waals surface area contributed by atoms with E-state index < -0.39 is 10.0 Å². The number of likely N-dealkylation sites (tertiary alicyclic amines) is 1. The Hall–Kier alpha value is -2.71. The molecule has 0 unspecified atom stereocenters. The zero-order valence-electron chi connectivity index (χ0n) is 18.0. The number of piperidine rings is 1. The van der Waals surface area contributed by atoms with Gasteiger partial charge in [-0.25, -0.2) is 13.4 Å². The van der Waals surface area contributed by atoms with E-state index in [0.29, 0.717) is 18.7 Å². The summed E-state index contributed by atoms with van der Waals surface area (Å²) < 4.78 is 32.4. The van der Waals surface area contributed by atoms with Crippen LogP contribution >= 0.6 is 0 Å². The Morgan fingerprint density at radius 1 is 1.10 bits per heavy atom. The number of carbonyl (C=O) groups is 1. The molecule has 1 aliphatic heterocycles. The van der Waals surface area contributed by atoms with Crippen LogP contribution in [0.25, 0.3) is 11.1 Å². The molecule has 4 rings (SSSR count). The molecular weight excluding hydrogens is 414 g/mol. The third-order valence-corrected chi connectivity index (χ3v) is 8.00. The van der Waals surface area contributed by atoms with Crippen LogP contribution in [0.1, 0.15) is 48.9 Å². The van der Waals surface area contributed by atoms with Crippen molar-refractivity contribution >= 4 is 27.0 Å². The number of hydrogen-bond acceptors (Lipinski definition) is 5. The van der Waals surface area contributed by atoms with Crippen LogP contribution in [-0.4, -0.2) is 54.7 Å². The smallest absolute Gasteiger partial charge is 0.253 e. The molecule has 1 amide bonds. The molecule has 0 atom stereocenters. The third-order valence-electron chi connectivity index (χ3n) is 5.95. The maximum Gasteiger partial charge on any atom is 0.253 e. The highest BCUT2D eigenvalue weighted by molar-refractivity contribution is 7.89. The van der Waals surface area contributed by atoms with Crippen molar-refractivity contribution in [2.45, 2.75) is 43.5 Å². The first-order chi connectivity index (χ1) is 14.8. The maximum atomic E-state index is 12.9. The number of sulfonamides is 1. The van der Waals surface area contributed by atoms with Crippen LogP contribution in [0.3, 0.4) is 0 Å². The normalized spacial score (nSPS) is 15.8. The summed E-state index contributed by atoms with van der Waals surface area (Å²) in [4.78, 5) is 19.5. The highest BCUT2D eigenvalue weighted by atomic mass is 32.2. The molecule has 164 valence electrons. The van der Waals surface area contributed by atoms with E-state index in [2.05, 4.69) is 4.98 Å². The highest BCUT2D eigenvalue weighted by Crippen LogP contribution is 2.30. The predicted octanol–water partition coefficient (Wildman–Crippen LogP) is 3.88. The van der Waals surface area contributed by atoms with Gasteiger partial charge in [0.25, 0.3) is 5.91 Å². The van der Waals surface area contributed by atoms with E-state index in [-0.39, 0.29) is 22.8 Å². The Kier molecular flexibility index (Phi) is 5.85. The minimum absolute atomic E-state index is 0.0859. The number of amides is 1. The molecule has 0 radical (unpaired) electrons. The molecule has 8 heteroatoms. The molecule has 0 spiro atoms. The lowest BCUT2D eigenvalue weighted by Crippen LogP contribution is -2.38. The van der Waals surface area contributed by atoms with Crippen molar-refractivity contribution in [3.05, 3.63) is 60.0 Å². The zero-order valence-corrected chi connectivity index (χ0v) is 18.8. The molecule has 2 aromatic carbocycles. The number of hydrogen-bond donors (Lipinski definition) is 0. The van der Waals surface area contributed by atoms with E-state index in [1.807, 2.05) is 43.0 Å². The van der Waals surface area contributed by atoms with Gasteiger partial charge in [0.2, 0.25) is 10.0 Å². The first-order valence-electron chi connectivity index (χ1n) is 10.5. The number of rotatable bonds is 5. The fraction of sp³-hybridized carbons (Fsp3) is 0.391. The number of carbonyl (C=O) groups excluding carboxylic acids is 1. The molecule has 0 N–H and O–H groups in total. The van der Waals surface area contributed by atoms with Gasteiger partial charge >= 0.3 is 0 Å². The fourth-order valence-corrected chi connectivity index (χ4v) is 5.16. The van der Waals surface area contributed by atoms with Crippen LogP contribution < -0.4 is 0 Å². The summed E-state index contributed by atoms with van der Waals surface area (Å²) >= 11 is 0. The van der Waals surface area contributed by atoms with Crippen molar-refractivity contribution in [1.29, 1.82) is 0 Å². The zero-order chi connectivity index (χ0) is 22.2. The van der Waals surface area contributed by atoms with Gasteiger partial charge in [-0.2, -0.15) is 4.31 Å². The summed E-state index contributed by atoms with van der Waals surface area (Å²) in [6.45, 7) is 4.86. The van der Waals surface area contributed by atoms with Gasteiger partial charge in [-0.05, 0) is 63.1 Å². The van der Waals surface area contributed by atoms with Crippen molar-refractivity contribution in [3.8, 4) is 0 Å². The van der Waals surface area contributed by atoms with Crippen LogP contribution in [0.15, 0.2) is 57.8 Å². The second-order valence-electron chi connectivity index (χ2n) is 8.23. The highest BCUT2D eigenvalue weighted by Gasteiger charge is 2.28. The Morgan fingerprint density at radius 2 is 1.74 bits per heavy atom. The monoisotopic (exact) mass is 441 g/mol. The lowest BCUT2D eigenvalue weighted by atomic mass is 9.96. The standard InChI is InChI=1S/C23H27N3O4S/c1-16(2)25(3)31(28,29)19-10-8-18(9-11-19)23(27)26-14-12-17(13-15-26)22-24-20-6-4-5-7-21(20)30-22/h4-11,16-17H,12-15H2,1-3H3. The maximum absolute atomic E-state index is 12.9. The van der Waals surface area contributed by atoms with Gasteiger partial charge < -0.3 is 9.32 Å². The van der Waals surface area contributed by atoms with E-state index in [0.717, 1.165) is 29.8 Å². The number of fused-ring (bicyclic) bond motifs is 1. The summed E-state index contributed by atoms with van der Waals surface area (Å²) in [5.41, 5.74) is 2.13. The second kappa shape index (κ2) is 8.43. The van der Waals surface area contributed by atoms with Crippen LogP contribution in [0.2, 0.25) is 0 Å². The Morgan fingerprint density at radius 3 is 2.35 bits per heavy atom. The van der Waals surface area contributed by atoms with Gasteiger partial charge in [0.15, 0.2) is 11.5 Å². The predicted molar refractivity (Wildman–Crippen MR) is 118 cm³/mol. The van der Waals surface area contributed by atoms with Crippen LogP contribution in [-0.2, 0) is 10.0 Å². The van der Waals surface area contributed by atoms with E-state index in [1.165, 1.54) is 16.4 Å². The van der Waals surface area contributed by atoms with Gasteiger partial charge in [-0.15, -0.1) is 0 Å². The molecule has 0 bridgehead atoms. The van der Waals surface area contributed by atoms with Crippen LogP contribution in [0.5, 0.6) is 0 Å². The first-order valence-corrected chi connectivity index (χ1v) is 11.9. The van der Waals surface area contributed by atoms with E-state index in [4.69, 9.17) is 4.42 Å². The van der Waals surface area contributed by atoms with Gasteiger partial charge in [0.05, 0.1) is 4.90 Å². The molecule has 1 fully saturated rings. The summed E-state index contributed by atoms with van der Waals surface area (Å²) in [6, 6.07) is 13.8. The molecular formula is C23H27N3O4S. The third kappa shape index (κ3) is 4.22. The quantitative estimate of drug-likeness (QED) is 0.600. The lowest BCUT2D eigenvalue weighted by molar-refractivity contribution is 0.0706. The summed E-state index contributed by atoms with van der Waals surface area (Å²) in [6.07, 6.45) is 1.56. The molecule has 7 nitrogen and oxygen atoms in total. The van der Waals surface area contributed by atoms with Gasteiger partial charge in [0.1, 0.15) is 5.52 Å². The first kappa shape index (κ1) is 21.5. The average Bonchev–Trinajstić information content (AvgIpc) is 3.22. The minimum atomic E-state index is -3.56. The van der Waals surface area contributed by atoms with Crippen molar-refractivity contribution < 1.29 is 17.6 Å². The van der Waals surface area contributed by atoms with Crippen molar-refractivity contribution in [1.82, 2.24) is 14.2 Å².